The van der Waals surface area contributed by atoms with Crippen molar-refractivity contribution in [1.29, 1.82) is 0 Å². The number of carbonyl (C=O) groups is 4. The van der Waals surface area contributed by atoms with E-state index in [9.17, 15) is 24.3 Å². The van der Waals surface area contributed by atoms with Crippen molar-refractivity contribution in [3.8, 4) is 0 Å². The Morgan fingerprint density at radius 2 is 1.77 bits per heavy atom. The van der Waals surface area contributed by atoms with Crippen LogP contribution in [0.2, 0.25) is 0 Å². The lowest BCUT2D eigenvalue weighted by atomic mass is 9.58. The molecule has 13 nitrogen and oxygen atoms in total. The van der Waals surface area contributed by atoms with Gasteiger partial charge in [-0.15, -0.1) is 0 Å². The summed E-state index contributed by atoms with van der Waals surface area (Å²) in [4.78, 5) is 59.7. The topological polar surface area (TPSA) is 179 Å². The summed E-state index contributed by atoms with van der Waals surface area (Å²) >= 11 is 0. The first kappa shape index (κ1) is 30.6. The highest BCUT2D eigenvalue weighted by molar-refractivity contribution is 5.84. The van der Waals surface area contributed by atoms with Gasteiger partial charge in [-0.05, 0) is 51.4 Å². The summed E-state index contributed by atoms with van der Waals surface area (Å²) in [5.74, 6) is -3.30. The highest BCUT2D eigenvalue weighted by Gasteiger charge is 2.69. The number of aliphatic carboxylic acids is 1. The second kappa shape index (κ2) is 12.3. The predicted molar refractivity (Wildman–Crippen MR) is 136 cm³/mol. The first-order valence-electron chi connectivity index (χ1n) is 14.2. The Kier molecular flexibility index (Phi) is 9.40. The maximum absolute atomic E-state index is 12.7. The fourth-order valence-electron chi connectivity index (χ4n) is 6.61. The van der Waals surface area contributed by atoms with Gasteiger partial charge in [0, 0.05) is 37.6 Å². The lowest BCUT2D eigenvalue weighted by Crippen LogP contribution is -2.70. The molecule has 1 saturated carbocycles. The van der Waals surface area contributed by atoms with E-state index >= 15 is 0 Å². The average Bonchev–Trinajstić information content (AvgIpc) is 3.12. The largest absolute Gasteiger partial charge is 0.480 e. The summed E-state index contributed by atoms with van der Waals surface area (Å²) in [6, 6.07) is -1.40. The van der Waals surface area contributed by atoms with Gasteiger partial charge in [0.2, 0.25) is 23.9 Å². The highest BCUT2D eigenvalue weighted by atomic mass is 17.3. The number of amides is 2. The summed E-state index contributed by atoms with van der Waals surface area (Å²) in [5.41, 5.74) is -0.752. The van der Waals surface area contributed by atoms with Crippen LogP contribution < -0.4 is 10.6 Å². The molecule has 0 aromatic heterocycles. The third-order valence-corrected chi connectivity index (χ3v) is 8.87. The lowest BCUT2D eigenvalue weighted by molar-refractivity contribution is -0.576. The molecular weight excluding hydrogens is 528 g/mol. The van der Waals surface area contributed by atoms with E-state index in [4.69, 9.17) is 29.1 Å². The zero-order valence-corrected chi connectivity index (χ0v) is 23.6. The Morgan fingerprint density at radius 1 is 1.02 bits per heavy atom. The maximum Gasteiger partial charge on any atom is 0.328 e. The van der Waals surface area contributed by atoms with Crippen LogP contribution in [0.3, 0.4) is 0 Å². The molecule has 226 valence electrons. The van der Waals surface area contributed by atoms with Gasteiger partial charge in [0.15, 0.2) is 17.9 Å². The number of carboxylic acids is 1. The van der Waals surface area contributed by atoms with Gasteiger partial charge in [-0.25, -0.2) is 14.6 Å². The number of ether oxygens (including phenoxy) is 3. The molecule has 0 aromatic carbocycles. The van der Waals surface area contributed by atoms with Gasteiger partial charge in [0.25, 0.3) is 0 Å². The van der Waals surface area contributed by atoms with Crippen LogP contribution in [0.15, 0.2) is 0 Å². The van der Waals surface area contributed by atoms with E-state index in [2.05, 4.69) is 17.6 Å². The molecule has 2 amide bonds. The molecule has 4 aliphatic heterocycles. The number of hydrogen-bond acceptors (Lipinski definition) is 10. The Balaban J connectivity index is 1.22. The normalized spacial score (nSPS) is 37.8. The van der Waals surface area contributed by atoms with Gasteiger partial charge < -0.3 is 35.1 Å². The standard InChI is InChI=1S/C27H42N2O11/c1-14-7-8-18-15(2)24(37-25-27(18)17(14)11-12-26(4,38-25)39-40-27)36-21(33)10-9-19(31)28-13-5-6-20(32)29-22(16(3)30)23(34)35/h14-18,22,24-25,30H,5-13H2,1-4H3,(H,28,31)(H,29,32)(H,34,35)/t14-,15-,16+,17+,18+,22+,24-,25+,26-,27-/m1/s1. The zero-order valence-electron chi connectivity index (χ0n) is 23.6. The zero-order chi connectivity index (χ0) is 29.2. The number of carbonyl (C=O) groups excluding carboxylic acids is 3. The number of nitrogens with one attached hydrogen (secondary N) is 2. The molecule has 0 radical (unpaired) electrons. The molecule has 4 N–H and O–H groups in total. The number of fused-ring (bicyclic) bond motifs is 2. The van der Waals surface area contributed by atoms with E-state index in [-0.39, 0.29) is 55.9 Å². The SMILES string of the molecule is C[C@H]1[C@H](OC(=O)CCC(=O)NCCCC(=O)N[C@H](C(=O)O)[C@H](C)O)O[C@H]2O[C@@]3(C)CC[C@H]4[C@H](C)CC[C@@H]1[C@@]24OO3. The van der Waals surface area contributed by atoms with Crippen molar-refractivity contribution in [1.82, 2.24) is 10.6 Å². The summed E-state index contributed by atoms with van der Waals surface area (Å²) < 4.78 is 18.2. The van der Waals surface area contributed by atoms with Crippen LogP contribution in [0.25, 0.3) is 0 Å². The smallest absolute Gasteiger partial charge is 0.328 e. The summed E-state index contributed by atoms with van der Waals surface area (Å²) in [6.07, 6.45) is 0.639. The van der Waals surface area contributed by atoms with Crippen LogP contribution >= 0.6 is 0 Å². The number of aliphatic hydroxyl groups is 1. The van der Waals surface area contributed by atoms with E-state index in [1.165, 1.54) is 6.92 Å². The van der Waals surface area contributed by atoms with Crippen molar-refractivity contribution in [2.24, 2.45) is 23.7 Å². The number of rotatable bonds is 11. The molecule has 2 bridgehead atoms. The van der Waals surface area contributed by atoms with Gasteiger partial charge in [0.05, 0.1) is 12.5 Å². The highest BCUT2D eigenvalue weighted by Crippen LogP contribution is 2.60. The maximum atomic E-state index is 12.7. The minimum absolute atomic E-state index is 0.0137. The summed E-state index contributed by atoms with van der Waals surface area (Å²) in [5, 5.41) is 23.3. The number of esters is 1. The molecule has 4 heterocycles. The number of aliphatic hydroxyl groups excluding tert-OH is 1. The molecule has 5 fully saturated rings. The van der Waals surface area contributed by atoms with Crippen LogP contribution in [-0.2, 0) is 43.2 Å². The molecule has 13 heteroatoms. The van der Waals surface area contributed by atoms with Crippen molar-refractivity contribution in [2.75, 3.05) is 6.54 Å². The summed E-state index contributed by atoms with van der Waals surface area (Å²) in [6.45, 7) is 7.46. The van der Waals surface area contributed by atoms with Gasteiger partial charge in [0.1, 0.15) is 0 Å². The minimum atomic E-state index is -1.40. The van der Waals surface area contributed by atoms with E-state index < -0.39 is 54.0 Å². The second-order valence-corrected chi connectivity index (χ2v) is 11.8. The van der Waals surface area contributed by atoms with E-state index in [0.717, 1.165) is 19.3 Å². The molecule has 5 aliphatic rings. The first-order valence-corrected chi connectivity index (χ1v) is 14.2. The average molecular weight is 571 g/mol. The van der Waals surface area contributed by atoms with Crippen LogP contribution in [0.5, 0.6) is 0 Å². The summed E-state index contributed by atoms with van der Waals surface area (Å²) in [7, 11) is 0. The Bertz CT molecular complexity index is 976. The molecule has 1 aliphatic carbocycles. The molecule has 4 saturated heterocycles. The van der Waals surface area contributed by atoms with E-state index in [1.807, 2.05) is 13.8 Å². The lowest BCUT2D eigenvalue weighted by Gasteiger charge is -2.59. The molecule has 1 spiro atoms. The molecule has 0 aromatic rings. The molecular formula is C27H42N2O11. The Labute approximate surface area is 233 Å². The predicted octanol–water partition coefficient (Wildman–Crippen LogP) is 1.36. The van der Waals surface area contributed by atoms with Crippen molar-refractivity contribution in [3.63, 3.8) is 0 Å². The number of hydrogen-bond donors (Lipinski definition) is 4. The van der Waals surface area contributed by atoms with Gasteiger partial charge in [-0.2, -0.15) is 0 Å². The second-order valence-electron chi connectivity index (χ2n) is 11.8. The van der Waals surface area contributed by atoms with Crippen molar-refractivity contribution < 1.29 is 53.4 Å². The molecule has 0 unspecified atom stereocenters. The van der Waals surface area contributed by atoms with Gasteiger partial charge in [-0.3, -0.25) is 14.4 Å². The van der Waals surface area contributed by atoms with Crippen molar-refractivity contribution >= 4 is 23.8 Å². The third kappa shape index (κ3) is 6.28. The Hall–Kier alpha value is -2.32. The van der Waals surface area contributed by atoms with E-state index in [0.29, 0.717) is 12.3 Å². The van der Waals surface area contributed by atoms with Crippen molar-refractivity contribution in [3.05, 3.63) is 0 Å². The van der Waals surface area contributed by atoms with Crippen LogP contribution in [-0.4, -0.2) is 76.6 Å². The monoisotopic (exact) mass is 570 g/mol. The fraction of sp³-hybridized carbons (Fsp3) is 0.852. The molecule has 5 rings (SSSR count). The fourth-order valence-corrected chi connectivity index (χ4v) is 6.61. The minimum Gasteiger partial charge on any atom is -0.480 e. The quantitative estimate of drug-likeness (QED) is 0.160. The van der Waals surface area contributed by atoms with Gasteiger partial charge in [-0.1, -0.05) is 13.8 Å². The Morgan fingerprint density at radius 3 is 2.48 bits per heavy atom. The first-order chi connectivity index (χ1) is 18.9. The number of carboxylic acid groups (broad SMARTS) is 1. The van der Waals surface area contributed by atoms with Crippen LogP contribution in [0.4, 0.5) is 0 Å². The van der Waals surface area contributed by atoms with Crippen LogP contribution in [0.1, 0.15) is 79.1 Å². The van der Waals surface area contributed by atoms with Gasteiger partial charge >= 0.3 is 11.9 Å². The molecule has 40 heavy (non-hydrogen) atoms. The van der Waals surface area contributed by atoms with E-state index in [1.54, 1.807) is 0 Å². The molecule has 10 atom stereocenters. The van der Waals surface area contributed by atoms with Crippen LogP contribution in [0, 0.1) is 23.7 Å². The van der Waals surface area contributed by atoms with Crippen molar-refractivity contribution in [2.45, 2.75) is 115 Å². The third-order valence-electron chi connectivity index (χ3n) is 8.87.